The van der Waals surface area contributed by atoms with Gasteiger partial charge in [-0.2, -0.15) is 0 Å². The molecule has 0 unspecified atom stereocenters. The Kier molecular flexibility index (Phi) is 6.42. The second kappa shape index (κ2) is 8.78. The Bertz CT molecular complexity index is 893. The minimum atomic E-state index is -3.65. The molecule has 1 aliphatic rings. The van der Waals surface area contributed by atoms with E-state index >= 15 is 0 Å². The molecule has 0 aromatic heterocycles. The first-order valence-electron chi connectivity index (χ1n) is 9.11. The van der Waals surface area contributed by atoms with Crippen molar-refractivity contribution in [1.29, 1.82) is 0 Å². The normalized spacial score (nSPS) is 16.0. The highest BCUT2D eigenvalue weighted by molar-refractivity contribution is 7.95. The Morgan fingerprint density at radius 1 is 1.15 bits per heavy atom. The van der Waals surface area contributed by atoms with Crippen LogP contribution in [0.3, 0.4) is 0 Å². The molecule has 7 heteroatoms. The van der Waals surface area contributed by atoms with Crippen molar-refractivity contribution in [2.75, 3.05) is 42.3 Å². The Morgan fingerprint density at radius 3 is 2.52 bits per heavy atom. The molecule has 0 amide bonds. The van der Waals surface area contributed by atoms with E-state index in [0.29, 0.717) is 10.7 Å². The molecule has 3 rings (SSSR count). The summed E-state index contributed by atoms with van der Waals surface area (Å²) in [7, 11) is -3.65. The lowest BCUT2D eigenvalue weighted by molar-refractivity contribution is -0.898. The number of hydrogen-bond donors (Lipinski definition) is 2. The standard InChI is InChI=1S/C20H24ClN3O2S/c1-2-23-11-13-24(14-12-23)20-9-8-18(21)16-19(20)22-27(25,26)15-10-17-6-4-3-5-7-17/h3-10,15-16,22H,2,11-14H2,1H3/p+1/b15-10+. The first-order valence-corrected chi connectivity index (χ1v) is 11.0. The number of rotatable bonds is 6. The summed E-state index contributed by atoms with van der Waals surface area (Å²) in [4.78, 5) is 3.78. The summed E-state index contributed by atoms with van der Waals surface area (Å²) in [6.07, 6.45) is 1.58. The molecule has 2 N–H and O–H groups in total. The molecule has 0 saturated carbocycles. The van der Waals surface area contributed by atoms with Crippen LogP contribution in [0, 0.1) is 0 Å². The summed E-state index contributed by atoms with van der Waals surface area (Å²) in [5, 5.41) is 1.69. The smallest absolute Gasteiger partial charge is 0.255 e. The van der Waals surface area contributed by atoms with Crippen molar-refractivity contribution in [3.8, 4) is 0 Å². The largest absolute Gasteiger partial charge is 0.359 e. The first-order chi connectivity index (χ1) is 13.0. The second-order valence-corrected chi connectivity index (χ2v) is 8.62. The van der Waals surface area contributed by atoms with Gasteiger partial charge in [0.1, 0.15) is 0 Å². The van der Waals surface area contributed by atoms with E-state index in [1.165, 1.54) is 5.41 Å². The molecule has 1 heterocycles. The summed E-state index contributed by atoms with van der Waals surface area (Å²) >= 11 is 6.13. The van der Waals surface area contributed by atoms with Crippen LogP contribution >= 0.6 is 11.6 Å². The molecule has 5 nitrogen and oxygen atoms in total. The van der Waals surface area contributed by atoms with Gasteiger partial charge in [0.2, 0.25) is 0 Å². The van der Waals surface area contributed by atoms with Crippen LogP contribution in [0.5, 0.6) is 0 Å². The predicted octanol–water partition coefficient (Wildman–Crippen LogP) is 2.48. The van der Waals surface area contributed by atoms with Gasteiger partial charge in [-0.15, -0.1) is 0 Å². The molecule has 1 fully saturated rings. The van der Waals surface area contributed by atoms with Crippen LogP contribution in [-0.4, -0.2) is 41.1 Å². The van der Waals surface area contributed by atoms with Gasteiger partial charge in [-0.1, -0.05) is 41.9 Å². The third-order valence-electron chi connectivity index (χ3n) is 4.76. The van der Waals surface area contributed by atoms with Crippen LogP contribution in [0.25, 0.3) is 6.08 Å². The van der Waals surface area contributed by atoms with E-state index in [9.17, 15) is 8.42 Å². The minimum absolute atomic E-state index is 0.501. The van der Waals surface area contributed by atoms with Crippen molar-refractivity contribution in [2.45, 2.75) is 6.92 Å². The quantitative estimate of drug-likeness (QED) is 0.774. The Hall–Kier alpha value is -2.02. The average molecular weight is 407 g/mol. The highest BCUT2D eigenvalue weighted by Crippen LogP contribution is 2.30. The predicted molar refractivity (Wildman–Crippen MR) is 113 cm³/mol. The van der Waals surface area contributed by atoms with Crippen molar-refractivity contribution in [1.82, 2.24) is 0 Å². The molecule has 0 aliphatic carbocycles. The highest BCUT2D eigenvalue weighted by Gasteiger charge is 2.22. The molecule has 0 bridgehead atoms. The van der Waals surface area contributed by atoms with Crippen LogP contribution in [0.2, 0.25) is 5.02 Å². The lowest BCUT2D eigenvalue weighted by Crippen LogP contribution is -3.14. The Morgan fingerprint density at radius 2 is 1.85 bits per heavy atom. The Labute approximate surface area is 166 Å². The fraction of sp³-hybridized carbons (Fsp3) is 0.300. The molecule has 27 heavy (non-hydrogen) atoms. The van der Waals surface area contributed by atoms with Crippen molar-refractivity contribution in [3.63, 3.8) is 0 Å². The van der Waals surface area contributed by atoms with Gasteiger partial charge in [0.15, 0.2) is 0 Å². The third kappa shape index (κ3) is 5.48. The maximum absolute atomic E-state index is 12.6. The number of nitrogens with one attached hydrogen (secondary N) is 2. The topological polar surface area (TPSA) is 53.9 Å². The number of hydrogen-bond acceptors (Lipinski definition) is 3. The molecular formula is C20H25ClN3O2S+. The van der Waals surface area contributed by atoms with Crippen LogP contribution in [0.4, 0.5) is 11.4 Å². The lowest BCUT2D eigenvalue weighted by atomic mass is 10.2. The molecular weight excluding hydrogens is 382 g/mol. The van der Waals surface area contributed by atoms with E-state index in [1.54, 1.807) is 23.1 Å². The second-order valence-electron chi connectivity index (χ2n) is 6.61. The van der Waals surface area contributed by atoms with E-state index in [-0.39, 0.29) is 0 Å². The number of benzene rings is 2. The molecule has 1 aliphatic heterocycles. The van der Waals surface area contributed by atoms with Crippen molar-refractivity contribution in [2.24, 2.45) is 0 Å². The molecule has 0 radical (unpaired) electrons. The monoisotopic (exact) mass is 406 g/mol. The number of likely N-dealkylation sites (N-methyl/N-ethyl adjacent to an activating group) is 1. The average Bonchev–Trinajstić information content (AvgIpc) is 2.67. The number of anilines is 2. The van der Waals surface area contributed by atoms with Gasteiger partial charge in [0, 0.05) is 5.02 Å². The summed E-state index contributed by atoms with van der Waals surface area (Å²) in [6.45, 7) is 7.15. The van der Waals surface area contributed by atoms with Crippen LogP contribution < -0.4 is 14.5 Å². The fourth-order valence-electron chi connectivity index (χ4n) is 3.20. The van der Waals surface area contributed by atoms with E-state index in [4.69, 9.17) is 11.6 Å². The zero-order valence-electron chi connectivity index (χ0n) is 15.4. The van der Waals surface area contributed by atoms with Crippen LogP contribution in [0.1, 0.15) is 12.5 Å². The number of piperazine rings is 1. The maximum atomic E-state index is 12.6. The van der Waals surface area contributed by atoms with Gasteiger partial charge < -0.3 is 9.80 Å². The fourth-order valence-corrected chi connectivity index (χ4v) is 4.25. The van der Waals surface area contributed by atoms with E-state index in [2.05, 4.69) is 16.5 Å². The molecule has 144 valence electrons. The van der Waals surface area contributed by atoms with Gasteiger partial charge in [-0.25, -0.2) is 8.42 Å². The zero-order chi connectivity index (χ0) is 19.3. The van der Waals surface area contributed by atoms with E-state index in [0.717, 1.165) is 44.0 Å². The van der Waals surface area contributed by atoms with Crippen LogP contribution in [-0.2, 0) is 10.0 Å². The zero-order valence-corrected chi connectivity index (χ0v) is 16.9. The highest BCUT2D eigenvalue weighted by atomic mass is 35.5. The molecule has 1 saturated heterocycles. The van der Waals surface area contributed by atoms with Gasteiger partial charge in [-0.3, -0.25) is 4.72 Å². The van der Waals surface area contributed by atoms with Gasteiger partial charge in [0.25, 0.3) is 10.0 Å². The summed E-state index contributed by atoms with van der Waals surface area (Å²) in [5.41, 5.74) is 2.21. The first kappa shape index (κ1) is 19.7. The number of halogens is 1. The number of nitrogens with zero attached hydrogens (tertiary/aromatic N) is 1. The molecule has 0 spiro atoms. The number of quaternary nitrogens is 1. The maximum Gasteiger partial charge on any atom is 0.255 e. The molecule has 0 atom stereocenters. The molecule has 2 aromatic carbocycles. The van der Waals surface area contributed by atoms with Gasteiger partial charge in [0.05, 0.1) is 49.5 Å². The molecule has 2 aromatic rings. The summed E-state index contributed by atoms with van der Waals surface area (Å²) < 4.78 is 27.8. The number of sulfonamides is 1. The van der Waals surface area contributed by atoms with Gasteiger partial charge in [-0.05, 0) is 36.8 Å². The summed E-state index contributed by atoms with van der Waals surface area (Å²) in [5.74, 6) is 0. The lowest BCUT2D eigenvalue weighted by Gasteiger charge is -2.34. The van der Waals surface area contributed by atoms with Crippen LogP contribution in [0.15, 0.2) is 53.9 Å². The van der Waals surface area contributed by atoms with Crippen molar-refractivity contribution >= 4 is 39.1 Å². The SMILES string of the molecule is CC[NH+]1CCN(c2ccc(Cl)cc2NS(=O)(=O)/C=C/c2ccccc2)CC1. The van der Waals surface area contributed by atoms with Gasteiger partial charge >= 0.3 is 0 Å². The minimum Gasteiger partial charge on any atom is -0.359 e. The van der Waals surface area contributed by atoms with E-state index in [1.807, 2.05) is 36.4 Å². The third-order valence-corrected chi connectivity index (χ3v) is 6.00. The van der Waals surface area contributed by atoms with Crippen molar-refractivity contribution in [3.05, 3.63) is 64.5 Å². The van der Waals surface area contributed by atoms with Crippen molar-refractivity contribution < 1.29 is 13.3 Å². The summed E-state index contributed by atoms with van der Waals surface area (Å²) in [6, 6.07) is 14.7. The van der Waals surface area contributed by atoms with E-state index < -0.39 is 10.0 Å². The Balaban J connectivity index is 1.79.